The summed E-state index contributed by atoms with van der Waals surface area (Å²) in [6, 6.07) is 4.12. The quantitative estimate of drug-likeness (QED) is 0.819. The van der Waals surface area contributed by atoms with Crippen molar-refractivity contribution in [3.63, 3.8) is 0 Å². The fourth-order valence-corrected chi connectivity index (χ4v) is 2.91. The zero-order valence-electron chi connectivity index (χ0n) is 9.46. The standard InChI is InChI=1S/C12H12BrN3O/c1-7-8(6-13)2-3-9-10(7)15-12(17)16-5-4-14-11(9)16/h2-3,14H,4-6H2,1H3. The van der Waals surface area contributed by atoms with Gasteiger partial charge in [-0.25, -0.2) is 4.79 Å². The second-order valence-electron chi connectivity index (χ2n) is 4.20. The van der Waals surface area contributed by atoms with Gasteiger partial charge in [0.25, 0.3) is 0 Å². The number of hydrogen-bond acceptors (Lipinski definition) is 3. The Morgan fingerprint density at radius 3 is 3.12 bits per heavy atom. The van der Waals surface area contributed by atoms with Crippen LogP contribution >= 0.6 is 15.9 Å². The van der Waals surface area contributed by atoms with Crippen molar-refractivity contribution in [3.8, 4) is 0 Å². The summed E-state index contributed by atoms with van der Waals surface area (Å²) in [4.78, 5) is 16.1. The van der Waals surface area contributed by atoms with Crippen LogP contribution in [0.5, 0.6) is 0 Å². The SMILES string of the molecule is Cc1c(CBr)ccc2c3n(c(=O)nc12)CCN3. The number of aromatic nitrogens is 2. The van der Waals surface area contributed by atoms with E-state index in [0.29, 0.717) is 6.54 Å². The van der Waals surface area contributed by atoms with Gasteiger partial charge in [-0.1, -0.05) is 22.0 Å². The Hall–Kier alpha value is -1.36. The number of fused-ring (bicyclic) bond motifs is 3. The number of rotatable bonds is 1. The number of anilines is 1. The average molecular weight is 294 g/mol. The molecule has 1 aromatic carbocycles. The van der Waals surface area contributed by atoms with Gasteiger partial charge in [0, 0.05) is 23.8 Å². The van der Waals surface area contributed by atoms with Gasteiger partial charge in [-0.3, -0.25) is 4.57 Å². The third-order valence-electron chi connectivity index (χ3n) is 3.28. The van der Waals surface area contributed by atoms with E-state index in [0.717, 1.165) is 34.2 Å². The predicted molar refractivity (Wildman–Crippen MR) is 71.9 cm³/mol. The number of benzene rings is 1. The number of alkyl halides is 1. The number of nitrogens with zero attached hydrogens (tertiary/aromatic N) is 2. The molecule has 3 rings (SSSR count). The molecule has 1 N–H and O–H groups in total. The van der Waals surface area contributed by atoms with Crippen molar-refractivity contribution < 1.29 is 0 Å². The molecule has 0 saturated carbocycles. The van der Waals surface area contributed by atoms with E-state index in [9.17, 15) is 4.79 Å². The Kier molecular flexibility index (Phi) is 2.43. The van der Waals surface area contributed by atoms with Crippen LogP contribution in [0.2, 0.25) is 0 Å². The molecule has 5 heteroatoms. The van der Waals surface area contributed by atoms with Crippen LogP contribution in [-0.4, -0.2) is 16.1 Å². The molecule has 1 aliphatic heterocycles. The minimum Gasteiger partial charge on any atom is -0.369 e. The van der Waals surface area contributed by atoms with Gasteiger partial charge in [-0.15, -0.1) is 0 Å². The van der Waals surface area contributed by atoms with Crippen molar-refractivity contribution in [1.29, 1.82) is 0 Å². The summed E-state index contributed by atoms with van der Waals surface area (Å²) in [5.74, 6) is 0.907. The lowest BCUT2D eigenvalue weighted by Gasteiger charge is -2.10. The Balaban J connectivity index is 2.45. The first kappa shape index (κ1) is 10.8. The molecule has 0 spiro atoms. The molecule has 2 aromatic rings. The minimum atomic E-state index is -0.160. The van der Waals surface area contributed by atoms with Crippen LogP contribution in [0.25, 0.3) is 10.9 Å². The lowest BCUT2D eigenvalue weighted by Crippen LogP contribution is -2.21. The van der Waals surface area contributed by atoms with E-state index in [1.165, 1.54) is 5.56 Å². The van der Waals surface area contributed by atoms with Gasteiger partial charge in [-0.2, -0.15) is 4.98 Å². The maximum absolute atomic E-state index is 11.9. The van der Waals surface area contributed by atoms with Crippen molar-refractivity contribution in [3.05, 3.63) is 33.7 Å². The van der Waals surface area contributed by atoms with Crippen molar-refractivity contribution in [2.24, 2.45) is 0 Å². The highest BCUT2D eigenvalue weighted by Gasteiger charge is 2.17. The number of halogens is 1. The summed E-state index contributed by atoms with van der Waals surface area (Å²) in [5, 5.41) is 5.07. The van der Waals surface area contributed by atoms with Crippen molar-refractivity contribution >= 4 is 32.7 Å². The van der Waals surface area contributed by atoms with Crippen LogP contribution in [-0.2, 0) is 11.9 Å². The summed E-state index contributed by atoms with van der Waals surface area (Å²) in [5.41, 5.74) is 2.90. The zero-order chi connectivity index (χ0) is 12.0. The molecular formula is C12H12BrN3O. The smallest absolute Gasteiger partial charge is 0.349 e. The van der Waals surface area contributed by atoms with Gasteiger partial charge in [-0.05, 0) is 24.1 Å². The van der Waals surface area contributed by atoms with E-state index in [4.69, 9.17) is 0 Å². The van der Waals surface area contributed by atoms with Crippen LogP contribution in [0.15, 0.2) is 16.9 Å². The van der Waals surface area contributed by atoms with Gasteiger partial charge in [0.1, 0.15) is 5.82 Å². The van der Waals surface area contributed by atoms with E-state index >= 15 is 0 Å². The molecule has 4 nitrogen and oxygen atoms in total. The summed E-state index contributed by atoms with van der Waals surface area (Å²) in [6.07, 6.45) is 0. The van der Waals surface area contributed by atoms with E-state index in [-0.39, 0.29) is 5.69 Å². The lowest BCUT2D eigenvalue weighted by molar-refractivity contribution is 0.750. The van der Waals surface area contributed by atoms with Gasteiger partial charge in [0.15, 0.2) is 0 Å². The van der Waals surface area contributed by atoms with Crippen LogP contribution in [0.4, 0.5) is 5.82 Å². The first-order valence-corrected chi connectivity index (χ1v) is 6.67. The topological polar surface area (TPSA) is 46.9 Å². The Labute approximate surface area is 107 Å². The van der Waals surface area contributed by atoms with Crippen LogP contribution < -0.4 is 11.0 Å². The molecule has 0 fully saturated rings. The highest BCUT2D eigenvalue weighted by Crippen LogP contribution is 2.27. The molecule has 0 atom stereocenters. The normalized spacial score (nSPS) is 13.8. The molecule has 0 unspecified atom stereocenters. The van der Waals surface area contributed by atoms with Crippen molar-refractivity contribution in [1.82, 2.24) is 9.55 Å². The van der Waals surface area contributed by atoms with Gasteiger partial charge in [0.05, 0.1) is 5.52 Å². The van der Waals surface area contributed by atoms with Gasteiger partial charge >= 0.3 is 5.69 Å². The Morgan fingerprint density at radius 2 is 2.35 bits per heavy atom. The van der Waals surface area contributed by atoms with Crippen LogP contribution in [0.3, 0.4) is 0 Å². The highest BCUT2D eigenvalue weighted by molar-refractivity contribution is 9.08. The van der Waals surface area contributed by atoms with Crippen molar-refractivity contribution in [2.45, 2.75) is 18.8 Å². The molecular weight excluding hydrogens is 282 g/mol. The molecule has 88 valence electrons. The molecule has 17 heavy (non-hydrogen) atoms. The first-order chi connectivity index (χ1) is 8.22. The molecule has 0 amide bonds. The Bertz CT molecular complexity index is 663. The monoisotopic (exact) mass is 293 g/mol. The fraction of sp³-hybridized carbons (Fsp3) is 0.333. The molecule has 0 saturated heterocycles. The maximum Gasteiger partial charge on any atom is 0.349 e. The summed E-state index contributed by atoms with van der Waals surface area (Å²) >= 11 is 3.45. The Morgan fingerprint density at radius 1 is 1.53 bits per heavy atom. The number of hydrogen-bond donors (Lipinski definition) is 1. The number of aryl methyl sites for hydroxylation is 1. The van der Waals surface area contributed by atoms with E-state index < -0.39 is 0 Å². The van der Waals surface area contributed by atoms with Crippen molar-refractivity contribution in [2.75, 3.05) is 11.9 Å². The van der Waals surface area contributed by atoms with Crippen LogP contribution in [0, 0.1) is 6.92 Å². The average Bonchev–Trinajstić information content (AvgIpc) is 2.81. The van der Waals surface area contributed by atoms with Gasteiger partial charge < -0.3 is 5.32 Å². The molecule has 0 bridgehead atoms. The number of nitrogens with one attached hydrogen (secondary N) is 1. The highest BCUT2D eigenvalue weighted by atomic mass is 79.9. The minimum absolute atomic E-state index is 0.160. The third kappa shape index (κ3) is 1.49. The molecule has 0 aliphatic carbocycles. The van der Waals surface area contributed by atoms with Gasteiger partial charge in [0.2, 0.25) is 0 Å². The molecule has 1 aromatic heterocycles. The largest absolute Gasteiger partial charge is 0.369 e. The fourth-order valence-electron chi connectivity index (χ4n) is 2.30. The summed E-state index contributed by atoms with van der Waals surface area (Å²) in [7, 11) is 0. The van der Waals surface area contributed by atoms with E-state index in [1.54, 1.807) is 4.57 Å². The lowest BCUT2D eigenvalue weighted by atomic mass is 10.1. The van der Waals surface area contributed by atoms with E-state index in [2.05, 4.69) is 32.3 Å². The molecule has 2 heterocycles. The van der Waals surface area contributed by atoms with Crippen LogP contribution in [0.1, 0.15) is 11.1 Å². The summed E-state index contributed by atoms with van der Waals surface area (Å²) in [6.45, 7) is 3.52. The van der Waals surface area contributed by atoms with E-state index in [1.807, 2.05) is 13.0 Å². The molecule has 0 radical (unpaired) electrons. The second-order valence-corrected chi connectivity index (χ2v) is 4.76. The molecule has 1 aliphatic rings. The zero-order valence-corrected chi connectivity index (χ0v) is 11.0. The third-order valence-corrected chi connectivity index (χ3v) is 3.88. The maximum atomic E-state index is 11.9. The predicted octanol–water partition coefficient (Wildman–Crippen LogP) is 2.03. The first-order valence-electron chi connectivity index (χ1n) is 5.55. The summed E-state index contributed by atoms with van der Waals surface area (Å²) < 4.78 is 1.70. The second kappa shape index (κ2) is 3.84.